The SMILES string of the molecule is O=c1c2ccccc2cnn1-c1ccc(Cl)c(Cl)c1. The molecule has 1 heterocycles. The molecule has 0 aliphatic heterocycles. The lowest BCUT2D eigenvalue weighted by Gasteiger charge is -2.06. The maximum atomic E-state index is 12.3. The number of aromatic nitrogens is 2. The first-order valence-corrected chi connectivity index (χ1v) is 6.35. The van der Waals surface area contributed by atoms with Gasteiger partial charge in [0.15, 0.2) is 0 Å². The van der Waals surface area contributed by atoms with E-state index in [4.69, 9.17) is 23.2 Å². The molecule has 3 rings (SSSR count). The lowest BCUT2D eigenvalue weighted by atomic mass is 10.2. The average Bonchev–Trinajstić information content (AvgIpc) is 2.43. The van der Waals surface area contributed by atoms with Crippen LogP contribution in [-0.4, -0.2) is 9.78 Å². The van der Waals surface area contributed by atoms with E-state index in [1.165, 1.54) is 4.68 Å². The molecular formula is C14H8Cl2N2O. The van der Waals surface area contributed by atoms with Crippen LogP contribution in [0, 0.1) is 0 Å². The van der Waals surface area contributed by atoms with E-state index in [1.54, 1.807) is 30.5 Å². The minimum Gasteiger partial charge on any atom is -0.267 e. The summed E-state index contributed by atoms with van der Waals surface area (Å²) in [6, 6.07) is 12.3. The van der Waals surface area contributed by atoms with Gasteiger partial charge in [0, 0.05) is 5.39 Å². The largest absolute Gasteiger partial charge is 0.279 e. The first kappa shape index (κ1) is 12.2. The molecule has 94 valence electrons. The van der Waals surface area contributed by atoms with Gasteiger partial charge < -0.3 is 0 Å². The zero-order chi connectivity index (χ0) is 13.4. The normalized spacial score (nSPS) is 10.8. The lowest BCUT2D eigenvalue weighted by molar-refractivity contribution is 0.821. The van der Waals surface area contributed by atoms with Crippen LogP contribution >= 0.6 is 23.2 Å². The van der Waals surface area contributed by atoms with Crippen molar-refractivity contribution in [3.05, 3.63) is 69.1 Å². The van der Waals surface area contributed by atoms with Gasteiger partial charge in [-0.15, -0.1) is 0 Å². The quantitative estimate of drug-likeness (QED) is 0.685. The highest BCUT2D eigenvalue weighted by Crippen LogP contribution is 2.23. The second kappa shape index (κ2) is 4.68. The lowest BCUT2D eigenvalue weighted by Crippen LogP contribution is -2.20. The molecule has 3 aromatic rings. The standard InChI is InChI=1S/C14H8Cl2N2O/c15-12-6-5-10(7-13(12)16)18-14(19)11-4-2-1-3-9(11)8-17-18/h1-8H. The Morgan fingerprint density at radius 1 is 1.00 bits per heavy atom. The highest BCUT2D eigenvalue weighted by atomic mass is 35.5. The minimum atomic E-state index is -0.184. The summed E-state index contributed by atoms with van der Waals surface area (Å²) >= 11 is 11.8. The van der Waals surface area contributed by atoms with Gasteiger partial charge in [0.2, 0.25) is 0 Å². The number of nitrogens with zero attached hydrogens (tertiary/aromatic N) is 2. The summed E-state index contributed by atoms with van der Waals surface area (Å²) in [4.78, 5) is 12.3. The van der Waals surface area contributed by atoms with Crippen molar-refractivity contribution in [1.29, 1.82) is 0 Å². The van der Waals surface area contributed by atoms with Crippen LogP contribution in [0.2, 0.25) is 10.0 Å². The van der Waals surface area contributed by atoms with Crippen molar-refractivity contribution < 1.29 is 0 Å². The van der Waals surface area contributed by atoms with Crippen molar-refractivity contribution in [2.24, 2.45) is 0 Å². The smallest absolute Gasteiger partial charge is 0.267 e. The summed E-state index contributed by atoms with van der Waals surface area (Å²) in [5.74, 6) is 0. The third-order valence-electron chi connectivity index (χ3n) is 2.84. The molecule has 0 bridgehead atoms. The third-order valence-corrected chi connectivity index (χ3v) is 3.58. The maximum Gasteiger partial charge on any atom is 0.279 e. The molecular weight excluding hydrogens is 283 g/mol. The Labute approximate surface area is 119 Å². The van der Waals surface area contributed by atoms with E-state index < -0.39 is 0 Å². The molecule has 19 heavy (non-hydrogen) atoms. The fourth-order valence-corrected chi connectivity index (χ4v) is 2.18. The Kier molecular flexibility index (Phi) is 3.01. The molecule has 0 N–H and O–H groups in total. The molecule has 0 saturated carbocycles. The van der Waals surface area contributed by atoms with Crippen molar-refractivity contribution in [2.45, 2.75) is 0 Å². The number of hydrogen-bond donors (Lipinski definition) is 0. The van der Waals surface area contributed by atoms with E-state index in [1.807, 2.05) is 18.2 Å². The van der Waals surface area contributed by atoms with Crippen LogP contribution in [0.25, 0.3) is 16.5 Å². The Morgan fingerprint density at radius 2 is 1.79 bits per heavy atom. The molecule has 0 radical (unpaired) electrons. The molecule has 0 spiro atoms. The van der Waals surface area contributed by atoms with E-state index in [2.05, 4.69) is 5.10 Å². The van der Waals surface area contributed by atoms with Crippen LogP contribution in [-0.2, 0) is 0 Å². The highest BCUT2D eigenvalue weighted by molar-refractivity contribution is 6.42. The van der Waals surface area contributed by atoms with E-state index in [9.17, 15) is 4.79 Å². The molecule has 0 atom stereocenters. The molecule has 2 aromatic carbocycles. The predicted molar refractivity (Wildman–Crippen MR) is 77.4 cm³/mol. The van der Waals surface area contributed by atoms with Crippen molar-refractivity contribution in [2.75, 3.05) is 0 Å². The molecule has 0 amide bonds. The second-order valence-electron chi connectivity index (χ2n) is 4.05. The van der Waals surface area contributed by atoms with Gasteiger partial charge in [-0.2, -0.15) is 9.78 Å². The van der Waals surface area contributed by atoms with Crippen molar-refractivity contribution >= 4 is 34.0 Å². The van der Waals surface area contributed by atoms with Crippen LogP contribution in [0.4, 0.5) is 0 Å². The summed E-state index contributed by atoms with van der Waals surface area (Å²) in [6.45, 7) is 0. The van der Waals surface area contributed by atoms with Gasteiger partial charge in [-0.1, -0.05) is 41.4 Å². The topological polar surface area (TPSA) is 34.9 Å². The average molecular weight is 291 g/mol. The summed E-state index contributed by atoms with van der Waals surface area (Å²) in [5, 5.41) is 6.41. The van der Waals surface area contributed by atoms with Gasteiger partial charge in [0.05, 0.1) is 27.3 Å². The molecule has 0 unspecified atom stereocenters. The van der Waals surface area contributed by atoms with Crippen LogP contribution in [0.5, 0.6) is 0 Å². The van der Waals surface area contributed by atoms with Gasteiger partial charge in [-0.25, -0.2) is 0 Å². The molecule has 0 aliphatic rings. The molecule has 1 aromatic heterocycles. The van der Waals surface area contributed by atoms with Gasteiger partial charge in [-0.05, 0) is 24.3 Å². The van der Waals surface area contributed by atoms with Crippen molar-refractivity contribution in [3.8, 4) is 5.69 Å². The monoisotopic (exact) mass is 290 g/mol. The molecule has 0 saturated heterocycles. The molecule has 0 fully saturated rings. The zero-order valence-corrected chi connectivity index (χ0v) is 11.2. The third kappa shape index (κ3) is 2.11. The van der Waals surface area contributed by atoms with E-state index >= 15 is 0 Å². The van der Waals surface area contributed by atoms with Crippen molar-refractivity contribution in [1.82, 2.24) is 9.78 Å². The van der Waals surface area contributed by atoms with E-state index in [0.29, 0.717) is 21.1 Å². The fourth-order valence-electron chi connectivity index (χ4n) is 1.89. The van der Waals surface area contributed by atoms with Gasteiger partial charge in [-0.3, -0.25) is 4.79 Å². The van der Waals surface area contributed by atoms with E-state index in [0.717, 1.165) is 5.39 Å². The predicted octanol–water partition coefficient (Wildman–Crippen LogP) is 3.69. The Morgan fingerprint density at radius 3 is 2.58 bits per heavy atom. The Balaban J connectivity index is 2.28. The van der Waals surface area contributed by atoms with Crippen LogP contribution in [0.1, 0.15) is 0 Å². The zero-order valence-electron chi connectivity index (χ0n) is 9.68. The maximum absolute atomic E-state index is 12.3. The minimum absolute atomic E-state index is 0.184. The van der Waals surface area contributed by atoms with E-state index in [-0.39, 0.29) is 5.56 Å². The Hall–Kier alpha value is -1.84. The van der Waals surface area contributed by atoms with Crippen LogP contribution < -0.4 is 5.56 Å². The highest BCUT2D eigenvalue weighted by Gasteiger charge is 2.07. The molecule has 3 nitrogen and oxygen atoms in total. The number of hydrogen-bond acceptors (Lipinski definition) is 2. The number of halogens is 2. The second-order valence-corrected chi connectivity index (χ2v) is 4.86. The first-order valence-electron chi connectivity index (χ1n) is 5.59. The molecule has 5 heteroatoms. The summed E-state index contributed by atoms with van der Waals surface area (Å²) in [7, 11) is 0. The fraction of sp³-hybridized carbons (Fsp3) is 0. The summed E-state index contributed by atoms with van der Waals surface area (Å²) < 4.78 is 1.31. The van der Waals surface area contributed by atoms with Gasteiger partial charge in [0.1, 0.15) is 0 Å². The van der Waals surface area contributed by atoms with Crippen LogP contribution in [0.3, 0.4) is 0 Å². The number of benzene rings is 2. The summed E-state index contributed by atoms with van der Waals surface area (Å²) in [6.07, 6.45) is 1.65. The van der Waals surface area contributed by atoms with Gasteiger partial charge in [0.25, 0.3) is 5.56 Å². The van der Waals surface area contributed by atoms with Crippen LogP contribution in [0.15, 0.2) is 53.5 Å². The van der Waals surface area contributed by atoms with Crippen molar-refractivity contribution in [3.63, 3.8) is 0 Å². The number of fused-ring (bicyclic) bond motifs is 1. The summed E-state index contributed by atoms with van der Waals surface area (Å²) in [5.41, 5.74) is 0.404. The number of rotatable bonds is 1. The van der Waals surface area contributed by atoms with Gasteiger partial charge >= 0.3 is 0 Å². The molecule has 0 aliphatic carbocycles. The first-order chi connectivity index (χ1) is 9.16. The Bertz CT molecular complexity index is 827.